The predicted molar refractivity (Wildman–Crippen MR) is 80.5 cm³/mol. The molecule has 5 heteroatoms. The number of hydrogen-bond acceptors (Lipinski definition) is 3. The van der Waals surface area contributed by atoms with Crippen molar-refractivity contribution in [3.05, 3.63) is 28.8 Å². The molecular weight excluding hydrogens is 268 g/mol. The molecule has 2 amide bonds. The summed E-state index contributed by atoms with van der Waals surface area (Å²) in [5.41, 5.74) is 2.18. The molecule has 0 spiro atoms. The molecule has 0 unspecified atom stereocenters. The molecule has 21 heavy (non-hydrogen) atoms. The van der Waals surface area contributed by atoms with Crippen LogP contribution in [-0.2, 0) is 9.59 Å². The lowest BCUT2D eigenvalue weighted by Gasteiger charge is -2.24. The van der Waals surface area contributed by atoms with Crippen molar-refractivity contribution in [3.8, 4) is 0 Å². The van der Waals surface area contributed by atoms with Gasteiger partial charge in [-0.25, -0.2) is 0 Å². The van der Waals surface area contributed by atoms with Crippen LogP contribution in [0, 0.1) is 13.8 Å². The number of anilines is 1. The van der Waals surface area contributed by atoms with Gasteiger partial charge in [0.25, 0.3) is 11.7 Å². The molecule has 1 aliphatic heterocycles. The Labute approximate surface area is 124 Å². The van der Waals surface area contributed by atoms with E-state index in [2.05, 4.69) is 5.32 Å². The van der Waals surface area contributed by atoms with Crippen molar-refractivity contribution < 1.29 is 14.4 Å². The summed E-state index contributed by atoms with van der Waals surface area (Å²) in [6.07, 6.45) is 0. The van der Waals surface area contributed by atoms with E-state index in [0.29, 0.717) is 11.3 Å². The van der Waals surface area contributed by atoms with Crippen LogP contribution in [0.3, 0.4) is 0 Å². The summed E-state index contributed by atoms with van der Waals surface area (Å²) in [4.78, 5) is 37.6. The first-order chi connectivity index (χ1) is 9.61. The second-order valence-corrected chi connectivity index (χ2v) is 6.44. The molecule has 0 radical (unpaired) electrons. The average Bonchev–Trinajstić information content (AvgIpc) is 2.58. The van der Waals surface area contributed by atoms with Gasteiger partial charge in [-0.3, -0.25) is 19.3 Å². The van der Waals surface area contributed by atoms with Gasteiger partial charge in [0, 0.05) is 5.54 Å². The zero-order valence-corrected chi connectivity index (χ0v) is 13.0. The number of ketones is 1. The monoisotopic (exact) mass is 288 g/mol. The van der Waals surface area contributed by atoms with Crippen LogP contribution in [0.4, 0.5) is 5.69 Å². The molecule has 1 aliphatic rings. The van der Waals surface area contributed by atoms with Crippen LogP contribution in [0.25, 0.3) is 0 Å². The number of aryl methyl sites for hydroxylation is 2. The molecule has 0 saturated heterocycles. The average molecular weight is 288 g/mol. The van der Waals surface area contributed by atoms with Crippen LogP contribution in [0.1, 0.15) is 42.3 Å². The summed E-state index contributed by atoms with van der Waals surface area (Å²) in [5.74, 6) is -1.45. The fourth-order valence-electron chi connectivity index (χ4n) is 2.51. The highest BCUT2D eigenvalue weighted by Crippen LogP contribution is 2.34. The molecule has 0 saturated carbocycles. The fraction of sp³-hybridized carbons (Fsp3) is 0.438. The first kappa shape index (κ1) is 15.2. The lowest BCUT2D eigenvalue weighted by molar-refractivity contribution is -0.123. The number of rotatable bonds is 2. The molecule has 1 aromatic carbocycles. The zero-order valence-electron chi connectivity index (χ0n) is 13.0. The van der Waals surface area contributed by atoms with Crippen LogP contribution < -0.4 is 10.2 Å². The van der Waals surface area contributed by atoms with Crippen molar-refractivity contribution in [3.63, 3.8) is 0 Å². The van der Waals surface area contributed by atoms with E-state index in [1.165, 1.54) is 4.90 Å². The second kappa shape index (κ2) is 4.98. The third kappa shape index (κ3) is 2.82. The summed E-state index contributed by atoms with van der Waals surface area (Å²) < 4.78 is 0. The number of carbonyl (C=O) groups excluding carboxylic acids is 3. The van der Waals surface area contributed by atoms with Gasteiger partial charge in [0.05, 0.1) is 11.3 Å². The molecule has 1 N–H and O–H groups in total. The predicted octanol–water partition coefficient (Wildman–Crippen LogP) is 1.75. The van der Waals surface area contributed by atoms with Crippen molar-refractivity contribution in [1.82, 2.24) is 5.32 Å². The van der Waals surface area contributed by atoms with Gasteiger partial charge in [-0.2, -0.15) is 0 Å². The van der Waals surface area contributed by atoms with Crippen LogP contribution >= 0.6 is 0 Å². The number of carbonyl (C=O) groups is 3. The molecule has 0 atom stereocenters. The second-order valence-electron chi connectivity index (χ2n) is 6.44. The lowest BCUT2D eigenvalue weighted by atomic mass is 10.0. The number of Topliss-reactive ketones (excluding diaryl/α,β-unsaturated/α-hetero) is 1. The van der Waals surface area contributed by atoms with Gasteiger partial charge in [-0.15, -0.1) is 0 Å². The molecule has 5 nitrogen and oxygen atoms in total. The Morgan fingerprint density at radius 3 is 2.29 bits per heavy atom. The van der Waals surface area contributed by atoms with E-state index in [-0.39, 0.29) is 18.0 Å². The Morgan fingerprint density at radius 1 is 1.14 bits per heavy atom. The molecule has 2 rings (SSSR count). The molecule has 0 fully saturated rings. The van der Waals surface area contributed by atoms with E-state index in [9.17, 15) is 14.4 Å². The maximum absolute atomic E-state index is 12.2. The summed E-state index contributed by atoms with van der Waals surface area (Å²) in [5, 5.41) is 2.80. The van der Waals surface area contributed by atoms with Gasteiger partial charge in [-0.05, 0) is 45.7 Å². The van der Waals surface area contributed by atoms with E-state index in [0.717, 1.165) is 11.1 Å². The number of fused-ring (bicyclic) bond motifs is 1. The van der Waals surface area contributed by atoms with Crippen molar-refractivity contribution >= 4 is 23.3 Å². The number of hydrogen-bond donors (Lipinski definition) is 1. The minimum absolute atomic E-state index is 0.140. The lowest BCUT2D eigenvalue weighted by Crippen LogP contribution is -2.47. The van der Waals surface area contributed by atoms with Gasteiger partial charge < -0.3 is 5.32 Å². The molecule has 0 bridgehead atoms. The Morgan fingerprint density at radius 2 is 1.71 bits per heavy atom. The van der Waals surface area contributed by atoms with E-state index >= 15 is 0 Å². The Hall–Kier alpha value is -2.17. The van der Waals surface area contributed by atoms with Crippen LogP contribution in [-0.4, -0.2) is 29.7 Å². The molecule has 112 valence electrons. The van der Waals surface area contributed by atoms with Crippen molar-refractivity contribution in [1.29, 1.82) is 0 Å². The van der Waals surface area contributed by atoms with Crippen molar-refractivity contribution in [2.45, 2.75) is 40.2 Å². The maximum atomic E-state index is 12.2. The topological polar surface area (TPSA) is 66.5 Å². The molecule has 0 aromatic heterocycles. The summed E-state index contributed by atoms with van der Waals surface area (Å²) in [6.45, 7) is 9.09. The number of amides is 2. The molecule has 1 aromatic rings. The first-order valence-electron chi connectivity index (χ1n) is 6.89. The van der Waals surface area contributed by atoms with Gasteiger partial charge in [0.2, 0.25) is 5.91 Å². The van der Waals surface area contributed by atoms with E-state index in [1.807, 2.05) is 39.8 Å². The number of nitrogens with one attached hydrogen (secondary N) is 1. The zero-order chi connectivity index (χ0) is 15.9. The first-order valence-corrected chi connectivity index (χ1v) is 6.89. The smallest absolute Gasteiger partial charge is 0.299 e. The molecular formula is C16H20N2O3. The largest absolute Gasteiger partial charge is 0.350 e. The van der Waals surface area contributed by atoms with Gasteiger partial charge >= 0.3 is 0 Å². The standard InChI is InChI=1S/C16H20N2O3/c1-9-6-7-10(2)13-12(9)14(20)15(21)18(13)8-11(19)17-16(3,4)5/h6-7H,8H2,1-5H3,(H,17,19). The van der Waals surface area contributed by atoms with Gasteiger partial charge in [-0.1, -0.05) is 12.1 Å². The third-order valence-corrected chi connectivity index (χ3v) is 3.34. The van der Waals surface area contributed by atoms with Crippen molar-refractivity contribution in [2.24, 2.45) is 0 Å². The van der Waals surface area contributed by atoms with Crippen molar-refractivity contribution in [2.75, 3.05) is 11.4 Å². The Kier molecular flexibility index (Phi) is 3.61. The Balaban J connectivity index is 2.36. The number of benzene rings is 1. The van der Waals surface area contributed by atoms with Gasteiger partial charge in [0.1, 0.15) is 6.54 Å². The summed E-state index contributed by atoms with van der Waals surface area (Å²) >= 11 is 0. The minimum Gasteiger partial charge on any atom is -0.350 e. The molecule has 1 heterocycles. The van der Waals surface area contributed by atoms with Crippen LogP contribution in [0.5, 0.6) is 0 Å². The highest BCUT2D eigenvalue weighted by Gasteiger charge is 2.39. The quantitative estimate of drug-likeness (QED) is 0.843. The third-order valence-electron chi connectivity index (χ3n) is 3.34. The highest BCUT2D eigenvalue weighted by atomic mass is 16.2. The summed E-state index contributed by atoms with van der Waals surface area (Å²) in [6, 6.07) is 3.67. The Bertz CT molecular complexity index is 642. The fourth-order valence-corrected chi connectivity index (χ4v) is 2.51. The maximum Gasteiger partial charge on any atom is 0.299 e. The SMILES string of the molecule is Cc1ccc(C)c2c1C(=O)C(=O)N2CC(=O)NC(C)(C)C. The molecule has 0 aliphatic carbocycles. The highest BCUT2D eigenvalue weighted by molar-refractivity contribution is 6.53. The van der Waals surface area contributed by atoms with Gasteiger partial charge in [0.15, 0.2) is 0 Å². The van der Waals surface area contributed by atoms with E-state index < -0.39 is 11.7 Å². The number of nitrogens with zero attached hydrogens (tertiary/aromatic N) is 1. The van der Waals surface area contributed by atoms with Crippen LogP contribution in [0.15, 0.2) is 12.1 Å². The van der Waals surface area contributed by atoms with E-state index in [1.54, 1.807) is 6.92 Å². The summed E-state index contributed by atoms with van der Waals surface area (Å²) in [7, 11) is 0. The van der Waals surface area contributed by atoms with E-state index in [4.69, 9.17) is 0 Å². The van der Waals surface area contributed by atoms with Crippen LogP contribution in [0.2, 0.25) is 0 Å². The minimum atomic E-state index is -0.633. The normalized spacial score (nSPS) is 14.4.